The number of amides is 1. The number of likely N-dealkylation sites (tertiary alicyclic amines) is 1. The molecule has 22 heavy (non-hydrogen) atoms. The molecule has 3 nitrogen and oxygen atoms in total. The molecule has 1 amide bonds. The van der Waals surface area contributed by atoms with Crippen LogP contribution in [0.1, 0.15) is 19.3 Å². The first-order valence-corrected chi connectivity index (χ1v) is 8.11. The number of benzene rings is 2. The van der Waals surface area contributed by atoms with Gasteiger partial charge in [0, 0.05) is 11.3 Å². The van der Waals surface area contributed by atoms with Crippen LogP contribution in [0.15, 0.2) is 54.6 Å². The second-order valence-corrected chi connectivity index (χ2v) is 5.95. The summed E-state index contributed by atoms with van der Waals surface area (Å²) in [4.78, 5) is 13.7. The van der Waals surface area contributed by atoms with Crippen molar-refractivity contribution in [2.45, 2.75) is 19.3 Å². The van der Waals surface area contributed by atoms with Gasteiger partial charge in [-0.3, -0.25) is 4.79 Å². The van der Waals surface area contributed by atoms with Gasteiger partial charge in [-0.25, -0.2) is 0 Å². The van der Waals surface area contributed by atoms with Crippen molar-refractivity contribution in [3.8, 4) is 11.1 Å². The van der Waals surface area contributed by atoms with Gasteiger partial charge in [0.2, 0.25) is 0 Å². The Morgan fingerprint density at radius 3 is 2.36 bits per heavy atom. The topological polar surface area (TPSA) is 33.5 Å². The number of para-hydroxylation sites is 1. The molecule has 0 atom stereocenters. The molecule has 2 N–H and O–H groups in total. The van der Waals surface area contributed by atoms with Gasteiger partial charge < -0.3 is 10.2 Å². The number of anilines is 1. The van der Waals surface area contributed by atoms with Crippen molar-refractivity contribution in [2.75, 3.05) is 25.0 Å². The fourth-order valence-electron chi connectivity index (χ4n) is 3.11. The minimum absolute atomic E-state index is 0.111. The van der Waals surface area contributed by atoms with Gasteiger partial charge in [-0.1, -0.05) is 48.5 Å². The van der Waals surface area contributed by atoms with Crippen molar-refractivity contribution in [3.63, 3.8) is 0 Å². The zero-order valence-corrected chi connectivity index (χ0v) is 12.8. The van der Waals surface area contributed by atoms with Gasteiger partial charge in [0.15, 0.2) is 6.54 Å². The Morgan fingerprint density at radius 2 is 1.59 bits per heavy atom. The Labute approximate surface area is 132 Å². The maximum absolute atomic E-state index is 12.3. The molecule has 3 heteroatoms. The lowest BCUT2D eigenvalue weighted by atomic mass is 10.0. The van der Waals surface area contributed by atoms with Gasteiger partial charge in [0.25, 0.3) is 5.91 Å². The van der Waals surface area contributed by atoms with Crippen molar-refractivity contribution < 1.29 is 9.69 Å². The molecule has 1 aliphatic heterocycles. The molecule has 0 bridgehead atoms. The van der Waals surface area contributed by atoms with Gasteiger partial charge >= 0.3 is 0 Å². The highest BCUT2D eigenvalue weighted by Crippen LogP contribution is 2.27. The van der Waals surface area contributed by atoms with Crippen LogP contribution in [0.5, 0.6) is 0 Å². The Kier molecular flexibility index (Phi) is 4.86. The first-order chi connectivity index (χ1) is 10.8. The molecule has 1 fully saturated rings. The quantitative estimate of drug-likeness (QED) is 0.892. The van der Waals surface area contributed by atoms with Crippen LogP contribution in [0.2, 0.25) is 0 Å². The summed E-state index contributed by atoms with van der Waals surface area (Å²) in [5, 5.41) is 3.10. The summed E-state index contributed by atoms with van der Waals surface area (Å²) >= 11 is 0. The lowest BCUT2D eigenvalue weighted by Gasteiger charge is -2.23. The monoisotopic (exact) mass is 295 g/mol. The third-order valence-corrected chi connectivity index (χ3v) is 4.26. The molecule has 0 unspecified atom stereocenters. The van der Waals surface area contributed by atoms with Crippen molar-refractivity contribution in [1.82, 2.24) is 0 Å². The summed E-state index contributed by atoms with van der Waals surface area (Å²) in [7, 11) is 0. The van der Waals surface area contributed by atoms with E-state index in [9.17, 15) is 4.79 Å². The number of hydrogen-bond acceptors (Lipinski definition) is 1. The van der Waals surface area contributed by atoms with E-state index in [4.69, 9.17) is 0 Å². The fraction of sp³-hybridized carbons (Fsp3) is 0.316. The van der Waals surface area contributed by atoms with Gasteiger partial charge in [-0.15, -0.1) is 0 Å². The molecule has 0 aromatic heterocycles. The predicted octanol–water partition coefficient (Wildman–Crippen LogP) is 2.36. The van der Waals surface area contributed by atoms with Crippen molar-refractivity contribution in [2.24, 2.45) is 0 Å². The zero-order valence-electron chi connectivity index (χ0n) is 12.8. The molecule has 1 aliphatic rings. The van der Waals surface area contributed by atoms with E-state index in [2.05, 4.69) is 23.5 Å². The fourth-order valence-corrected chi connectivity index (χ4v) is 3.11. The number of quaternary nitrogens is 1. The average molecular weight is 295 g/mol. The summed E-state index contributed by atoms with van der Waals surface area (Å²) < 4.78 is 0. The predicted molar refractivity (Wildman–Crippen MR) is 89.9 cm³/mol. The first-order valence-electron chi connectivity index (χ1n) is 8.11. The second-order valence-electron chi connectivity index (χ2n) is 5.95. The lowest BCUT2D eigenvalue weighted by molar-refractivity contribution is -0.896. The van der Waals surface area contributed by atoms with Gasteiger partial charge in [0.05, 0.1) is 13.1 Å². The highest BCUT2D eigenvalue weighted by Gasteiger charge is 2.18. The summed E-state index contributed by atoms with van der Waals surface area (Å²) in [6.07, 6.45) is 3.79. The molecule has 3 rings (SSSR count). The Morgan fingerprint density at radius 1 is 0.909 bits per heavy atom. The highest BCUT2D eigenvalue weighted by atomic mass is 16.2. The molecule has 2 aromatic carbocycles. The third-order valence-electron chi connectivity index (χ3n) is 4.26. The van der Waals surface area contributed by atoms with E-state index in [0.717, 1.165) is 29.9 Å². The largest absolute Gasteiger partial charge is 0.327 e. The number of piperidine rings is 1. The van der Waals surface area contributed by atoms with Gasteiger partial charge in [-0.05, 0) is 30.9 Å². The van der Waals surface area contributed by atoms with Crippen LogP contribution >= 0.6 is 0 Å². The van der Waals surface area contributed by atoms with E-state index in [-0.39, 0.29) is 5.91 Å². The molecule has 114 valence electrons. The SMILES string of the molecule is O=C(C[NH+]1CCCCC1)Nc1ccccc1-c1ccccc1. The maximum Gasteiger partial charge on any atom is 0.279 e. The van der Waals surface area contributed by atoms with E-state index in [1.807, 2.05) is 36.4 Å². The minimum Gasteiger partial charge on any atom is -0.327 e. The number of carbonyl (C=O) groups is 1. The minimum atomic E-state index is 0.111. The number of hydrogen-bond donors (Lipinski definition) is 2. The molecular weight excluding hydrogens is 272 g/mol. The van der Waals surface area contributed by atoms with E-state index >= 15 is 0 Å². The van der Waals surface area contributed by atoms with Crippen LogP contribution in [0.4, 0.5) is 5.69 Å². The number of rotatable bonds is 4. The second kappa shape index (κ2) is 7.23. The third kappa shape index (κ3) is 3.74. The summed E-state index contributed by atoms with van der Waals surface area (Å²) in [5.74, 6) is 0.111. The Balaban J connectivity index is 1.71. The molecule has 0 spiro atoms. The van der Waals surface area contributed by atoms with E-state index in [1.54, 1.807) is 0 Å². The van der Waals surface area contributed by atoms with Crippen LogP contribution in [-0.4, -0.2) is 25.5 Å². The highest BCUT2D eigenvalue weighted by molar-refractivity contribution is 5.96. The molecular formula is C19H23N2O+. The van der Waals surface area contributed by atoms with Crippen LogP contribution in [-0.2, 0) is 4.79 Å². The smallest absolute Gasteiger partial charge is 0.279 e. The normalized spacial score (nSPS) is 15.5. The van der Waals surface area contributed by atoms with Crippen LogP contribution in [0.25, 0.3) is 11.1 Å². The standard InChI is InChI=1S/C19H22N2O/c22-19(15-21-13-7-2-8-14-21)20-18-12-6-5-11-17(18)16-9-3-1-4-10-16/h1,3-6,9-12H,2,7-8,13-15H2,(H,20,22)/p+1. The Bertz CT molecular complexity index is 618. The first kappa shape index (κ1) is 14.8. The molecule has 2 aromatic rings. The lowest BCUT2D eigenvalue weighted by Crippen LogP contribution is -3.13. The number of carbonyl (C=O) groups excluding carboxylic acids is 1. The van der Waals surface area contributed by atoms with Crippen LogP contribution in [0, 0.1) is 0 Å². The van der Waals surface area contributed by atoms with Gasteiger partial charge in [-0.2, -0.15) is 0 Å². The molecule has 1 saturated heterocycles. The van der Waals surface area contributed by atoms with Crippen molar-refractivity contribution in [3.05, 3.63) is 54.6 Å². The Hall–Kier alpha value is -2.13. The molecule has 0 aliphatic carbocycles. The van der Waals surface area contributed by atoms with E-state index in [1.165, 1.54) is 24.2 Å². The van der Waals surface area contributed by atoms with Crippen LogP contribution < -0.4 is 10.2 Å². The molecule has 0 radical (unpaired) electrons. The van der Waals surface area contributed by atoms with Gasteiger partial charge in [0.1, 0.15) is 0 Å². The average Bonchev–Trinajstić information content (AvgIpc) is 2.57. The zero-order chi connectivity index (χ0) is 15.2. The van der Waals surface area contributed by atoms with E-state index < -0.39 is 0 Å². The molecule has 0 saturated carbocycles. The number of nitrogens with one attached hydrogen (secondary N) is 2. The summed E-state index contributed by atoms with van der Waals surface area (Å²) in [6, 6.07) is 18.2. The summed E-state index contributed by atoms with van der Waals surface area (Å²) in [6.45, 7) is 2.81. The van der Waals surface area contributed by atoms with Crippen LogP contribution in [0.3, 0.4) is 0 Å². The van der Waals surface area contributed by atoms with Crippen molar-refractivity contribution >= 4 is 11.6 Å². The summed E-state index contributed by atoms with van der Waals surface area (Å²) in [5.41, 5.74) is 3.10. The van der Waals surface area contributed by atoms with E-state index in [0.29, 0.717) is 6.54 Å². The maximum atomic E-state index is 12.3. The van der Waals surface area contributed by atoms with Crippen molar-refractivity contribution in [1.29, 1.82) is 0 Å². The molecule has 1 heterocycles.